The van der Waals surface area contributed by atoms with E-state index in [9.17, 15) is 4.79 Å². The molecule has 3 aromatic heterocycles. The monoisotopic (exact) mass is 454 g/mol. The van der Waals surface area contributed by atoms with Crippen molar-refractivity contribution in [3.05, 3.63) is 88.6 Å². The Morgan fingerprint density at radius 1 is 0.909 bits per heavy atom. The third-order valence-electron chi connectivity index (χ3n) is 5.59. The highest BCUT2D eigenvalue weighted by Crippen LogP contribution is 2.26. The highest BCUT2D eigenvalue weighted by molar-refractivity contribution is 7.20. The second-order valence-corrected chi connectivity index (χ2v) is 8.87. The van der Waals surface area contributed by atoms with Gasteiger partial charge in [0.1, 0.15) is 0 Å². The van der Waals surface area contributed by atoms with Crippen LogP contribution in [0.15, 0.2) is 66.7 Å². The molecule has 164 valence electrons. The fourth-order valence-electron chi connectivity index (χ4n) is 3.52. The van der Waals surface area contributed by atoms with Gasteiger partial charge in [-0.05, 0) is 80.3 Å². The standard InChI is InChI=1S/C25H22N6OS/c1-15-16(2)30-31(17(15)3)24-13-12-23(28-29-24)26-19-8-10-20(11-9-19)27-25(32)22-14-18-6-4-5-7-21(18)33-22/h4-14H,1-3H3,(H,26,28)(H,27,32). The Bertz CT molecular complexity index is 1420. The van der Waals surface area contributed by atoms with Gasteiger partial charge in [0.25, 0.3) is 5.91 Å². The van der Waals surface area contributed by atoms with Crippen LogP contribution in [-0.4, -0.2) is 25.9 Å². The molecular weight excluding hydrogens is 432 g/mol. The summed E-state index contributed by atoms with van der Waals surface area (Å²) in [5, 5.41) is 20.4. The van der Waals surface area contributed by atoms with Gasteiger partial charge in [0.05, 0.1) is 10.6 Å². The molecule has 3 heterocycles. The van der Waals surface area contributed by atoms with Gasteiger partial charge in [0, 0.05) is 21.8 Å². The van der Waals surface area contributed by atoms with E-state index in [1.54, 1.807) is 4.68 Å². The SMILES string of the molecule is Cc1nn(-c2ccc(Nc3ccc(NC(=O)c4cc5ccccc5s4)cc3)nn2)c(C)c1C. The van der Waals surface area contributed by atoms with E-state index in [0.29, 0.717) is 16.5 Å². The molecule has 1 amide bonds. The van der Waals surface area contributed by atoms with Crippen molar-refractivity contribution >= 4 is 44.5 Å². The predicted octanol–water partition coefficient (Wildman–Crippen LogP) is 5.80. The fourth-order valence-corrected chi connectivity index (χ4v) is 4.48. The summed E-state index contributed by atoms with van der Waals surface area (Å²) in [6.45, 7) is 6.05. The molecule has 0 spiro atoms. The molecule has 5 rings (SSSR count). The highest BCUT2D eigenvalue weighted by atomic mass is 32.1. The van der Waals surface area contributed by atoms with Gasteiger partial charge in [-0.1, -0.05) is 18.2 Å². The minimum Gasteiger partial charge on any atom is -0.339 e. The van der Waals surface area contributed by atoms with Crippen molar-refractivity contribution in [2.24, 2.45) is 0 Å². The van der Waals surface area contributed by atoms with Crippen LogP contribution in [0.25, 0.3) is 15.9 Å². The first-order valence-corrected chi connectivity index (χ1v) is 11.3. The van der Waals surface area contributed by atoms with Crippen molar-refractivity contribution in [3.8, 4) is 5.82 Å². The van der Waals surface area contributed by atoms with Crippen LogP contribution in [0.3, 0.4) is 0 Å². The van der Waals surface area contributed by atoms with Crippen molar-refractivity contribution in [3.63, 3.8) is 0 Å². The number of fused-ring (bicyclic) bond motifs is 1. The number of carbonyl (C=O) groups is 1. The summed E-state index contributed by atoms with van der Waals surface area (Å²) < 4.78 is 2.90. The Labute approximate surface area is 195 Å². The number of hydrogen-bond donors (Lipinski definition) is 2. The molecule has 0 fully saturated rings. The molecule has 0 bridgehead atoms. The zero-order valence-corrected chi connectivity index (χ0v) is 19.3. The molecule has 7 nitrogen and oxygen atoms in total. The first-order valence-electron chi connectivity index (χ1n) is 10.5. The van der Waals surface area contributed by atoms with E-state index < -0.39 is 0 Å². The normalized spacial score (nSPS) is 11.0. The Morgan fingerprint density at radius 2 is 1.67 bits per heavy atom. The summed E-state index contributed by atoms with van der Waals surface area (Å²) in [7, 11) is 0. The van der Waals surface area contributed by atoms with Crippen LogP contribution in [0, 0.1) is 20.8 Å². The molecular formula is C25H22N6OS. The Balaban J connectivity index is 1.25. The average molecular weight is 455 g/mol. The van der Waals surface area contributed by atoms with Crippen molar-refractivity contribution in [1.82, 2.24) is 20.0 Å². The van der Waals surface area contributed by atoms with Gasteiger partial charge in [-0.25, -0.2) is 4.68 Å². The first kappa shape index (κ1) is 20.8. The van der Waals surface area contributed by atoms with Crippen molar-refractivity contribution in [2.75, 3.05) is 10.6 Å². The van der Waals surface area contributed by atoms with Gasteiger partial charge in [0.2, 0.25) is 0 Å². The molecule has 2 aromatic carbocycles. The molecule has 0 aliphatic carbocycles. The maximum absolute atomic E-state index is 12.6. The maximum atomic E-state index is 12.6. The van der Waals surface area contributed by atoms with Crippen LogP contribution >= 0.6 is 11.3 Å². The lowest BCUT2D eigenvalue weighted by atomic mass is 10.2. The summed E-state index contributed by atoms with van der Waals surface area (Å²) in [6, 6.07) is 21.1. The van der Waals surface area contributed by atoms with Crippen LogP contribution in [0.4, 0.5) is 17.2 Å². The lowest BCUT2D eigenvalue weighted by Crippen LogP contribution is -2.10. The van der Waals surface area contributed by atoms with Crippen LogP contribution in [0.2, 0.25) is 0 Å². The molecule has 0 unspecified atom stereocenters. The zero-order chi connectivity index (χ0) is 22.9. The number of rotatable bonds is 5. The van der Waals surface area contributed by atoms with E-state index in [-0.39, 0.29) is 5.91 Å². The second kappa shape index (κ2) is 8.48. The first-order chi connectivity index (χ1) is 16.0. The van der Waals surface area contributed by atoms with E-state index in [4.69, 9.17) is 0 Å². The van der Waals surface area contributed by atoms with E-state index >= 15 is 0 Å². The largest absolute Gasteiger partial charge is 0.339 e. The maximum Gasteiger partial charge on any atom is 0.265 e. The second-order valence-electron chi connectivity index (χ2n) is 7.79. The highest BCUT2D eigenvalue weighted by Gasteiger charge is 2.12. The number of nitrogens with one attached hydrogen (secondary N) is 2. The molecule has 8 heteroatoms. The van der Waals surface area contributed by atoms with Gasteiger partial charge in [-0.2, -0.15) is 5.10 Å². The molecule has 5 aromatic rings. The Hall–Kier alpha value is -4.04. The minimum absolute atomic E-state index is 0.113. The Morgan fingerprint density at radius 3 is 2.33 bits per heavy atom. The summed E-state index contributed by atoms with van der Waals surface area (Å²) in [5.41, 5.74) is 4.76. The number of thiophene rings is 1. The number of aromatic nitrogens is 4. The third-order valence-corrected chi connectivity index (χ3v) is 6.70. The van der Waals surface area contributed by atoms with E-state index in [1.807, 2.05) is 87.5 Å². The lowest BCUT2D eigenvalue weighted by Gasteiger charge is -2.08. The number of benzene rings is 2. The van der Waals surface area contributed by atoms with Gasteiger partial charge >= 0.3 is 0 Å². The number of aryl methyl sites for hydroxylation is 1. The average Bonchev–Trinajstić information content (AvgIpc) is 3.38. The molecule has 0 atom stereocenters. The number of anilines is 3. The van der Waals surface area contributed by atoms with Gasteiger partial charge in [-0.15, -0.1) is 21.5 Å². The van der Waals surface area contributed by atoms with Crippen LogP contribution < -0.4 is 10.6 Å². The van der Waals surface area contributed by atoms with Crippen LogP contribution in [0.5, 0.6) is 0 Å². The minimum atomic E-state index is -0.113. The molecule has 0 aliphatic rings. The van der Waals surface area contributed by atoms with Crippen molar-refractivity contribution in [1.29, 1.82) is 0 Å². The Kier molecular flexibility index (Phi) is 5.35. The summed E-state index contributed by atoms with van der Waals surface area (Å²) in [4.78, 5) is 13.3. The summed E-state index contributed by atoms with van der Waals surface area (Å²) in [5.74, 6) is 1.19. The van der Waals surface area contributed by atoms with Crippen molar-refractivity contribution < 1.29 is 4.79 Å². The predicted molar refractivity (Wildman–Crippen MR) is 133 cm³/mol. The number of hydrogen-bond acceptors (Lipinski definition) is 6. The molecule has 2 N–H and O–H groups in total. The van der Waals surface area contributed by atoms with Gasteiger partial charge < -0.3 is 10.6 Å². The lowest BCUT2D eigenvalue weighted by molar-refractivity contribution is 0.103. The number of nitrogens with zero attached hydrogens (tertiary/aromatic N) is 4. The summed E-state index contributed by atoms with van der Waals surface area (Å²) >= 11 is 1.49. The van der Waals surface area contributed by atoms with Crippen LogP contribution in [-0.2, 0) is 0 Å². The van der Waals surface area contributed by atoms with Gasteiger partial charge in [0.15, 0.2) is 11.6 Å². The van der Waals surface area contributed by atoms with Crippen molar-refractivity contribution in [2.45, 2.75) is 20.8 Å². The molecule has 0 saturated carbocycles. The number of carbonyl (C=O) groups excluding carboxylic acids is 1. The van der Waals surface area contributed by atoms with E-state index in [0.717, 1.165) is 38.4 Å². The topological polar surface area (TPSA) is 84.7 Å². The smallest absolute Gasteiger partial charge is 0.265 e. The molecule has 0 saturated heterocycles. The quantitative estimate of drug-likeness (QED) is 0.351. The molecule has 33 heavy (non-hydrogen) atoms. The van der Waals surface area contributed by atoms with Crippen LogP contribution in [0.1, 0.15) is 26.6 Å². The summed E-state index contributed by atoms with van der Waals surface area (Å²) in [6.07, 6.45) is 0. The fraction of sp³-hybridized carbons (Fsp3) is 0.120. The number of amides is 1. The van der Waals surface area contributed by atoms with Gasteiger partial charge in [-0.3, -0.25) is 4.79 Å². The third kappa shape index (κ3) is 4.20. The molecule has 0 radical (unpaired) electrons. The molecule has 0 aliphatic heterocycles. The van der Waals surface area contributed by atoms with E-state index in [2.05, 4.69) is 25.9 Å². The zero-order valence-electron chi connectivity index (χ0n) is 18.5. The van der Waals surface area contributed by atoms with E-state index in [1.165, 1.54) is 11.3 Å².